The first-order valence-corrected chi connectivity index (χ1v) is 7.75. The number of phenols is 1. The number of hydrogen-bond acceptors (Lipinski definition) is 2. The van der Waals surface area contributed by atoms with Crippen LogP contribution in [0.1, 0.15) is 17.3 Å². The lowest BCUT2D eigenvalue weighted by atomic mass is 10.1. The number of halogens is 4. The average Bonchev–Trinajstić information content (AvgIpc) is 2.11. The first kappa shape index (κ1) is 13.7. The quantitative estimate of drug-likeness (QED) is 0.287. The Hall–Kier alpha value is 1.61. The Morgan fingerprint density at radius 3 is 1.64 bits per heavy atom. The van der Waals surface area contributed by atoms with Crippen LogP contribution in [0.5, 0.6) is 5.75 Å². The maximum atomic E-state index is 11.4. The molecule has 0 fully saturated rings. The molecule has 0 unspecified atom stereocenters. The summed E-state index contributed by atoms with van der Waals surface area (Å²) in [6, 6.07) is 0. The van der Waals surface area contributed by atoms with Crippen LogP contribution in [0, 0.1) is 14.3 Å². The molecule has 0 aliphatic rings. The second kappa shape index (κ2) is 5.29. The van der Waals surface area contributed by atoms with Crippen LogP contribution < -0.4 is 0 Å². The number of carbonyl (C=O) groups excluding carboxylic acids is 1. The third-order valence-corrected chi connectivity index (χ3v) is 7.91. The van der Waals surface area contributed by atoms with E-state index in [0.717, 1.165) is 14.3 Å². The summed E-state index contributed by atoms with van der Waals surface area (Å²) in [6.45, 7) is 1.54. The van der Waals surface area contributed by atoms with E-state index in [-0.39, 0.29) is 11.5 Å². The van der Waals surface area contributed by atoms with Crippen LogP contribution in [0.4, 0.5) is 0 Å². The molecule has 1 rings (SSSR count). The molecule has 0 aliphatic heterocycles. The predicted molar refractivity (Wildman–Crippen MR) is 89.0 cm³/mol. The topological polar surface area (TPSA) is 37.3 Å². The lowest BCUT2D eigenvalue weighted by Crippen LogP contribution is -2.04. The van der Waals surface area contributed by atoms with Crippen LogP contribution in [0.2, 0.25) is 0 Å². The van der Waals surface area contributed by atoms with Gasteiger partial charge in [0, 0.05) is 12.7 Å². The van der Waals surface area contributed by atoms with Crippen molar-refractivity contribution in [3.05, 3.63) is 19.8 Å². The molecular weight excluding hydrogens is 636 g/mol. The molecule has 1 aromatic rings. The number of benzene rings is 1. The maximum Gasteiger partial charge on any atom is 0.162 e. The highest BCUT2D eigenvalue weighted by atomic mass is 127. The molecule has 1 aromatic carbocycles. The van der Waals surface area contributed by atoms with E-state index >= 15 is 0 Å². The van der Waals surface area contributed by atoms with Crippen LogP contribution >= 0.6 is 90.4 Å². The number of phenolic OH excluding ortho intramolecular Hbond substituents is 1. The fourth-order valence-electron chi connectivity index (χ4n) is 0.929. The number of rotatable bonds is 1. The van der Waals surface area contributed by atoms with Crippen molar-refractivity contribution in [2.45, 2.75) is 6.92 Å². The standard InChI is InChI=1S/C8H4I4O2/c1-2(13)3-4(9)6(11)8(14)7(12)5(3)10/h14H,1H3. The van der Waals surface area contributed by atoms with Gasteiger partial charge in [-0.2, -0.15) is 0 Å². The van der Waals surface area contributed by atoms with E-state index in [1.54, 1.807) is 6.92 Å². The first-order valence-electron chi connectivity index (χ1n) is 3.43. The van der Waals surface area contributed by atoms with E-state index in [0.29, 0.717) is 5.56 Å². The number of carbonyl (C=O) groups is 1. The normalized spacial score (nSPS) is 10.4. The second-order valence-corrected chi connectivity index (χ2v) is 6.85. The minimum Gasteiger partial charge on any atom is -0.506 e. The summed E-state index contributed by atoms with van der Waals surface area (Å²) in [7, 11) is 0. The molecule has 0 bridgehead atoms. The molecule has 0 spiro atoms. The molecule has 0 aromatic heterocycles. The summed E-state index contributed by atoms with van der Waals surface area (Å²) >= 11 is 8.29. The lowest BCUT2D eigenvalue weighted by molar-refractivity contribution is 0.101. The number of Topliss-reactive ketones (excluding diaryl/α,β-unsaturated/α-hetero) is 1. The summed E-state index contributed by atoms with van der Waals surface area (Å²) in [6.07, 6.45) is 0. The predicted octanol–water partition coefficient (Wildman–Crippen LogP) is 4.01. The van der Waals surface area contributed by atoms with Gasteiger partial charge >= 0.3 is 0 Å². The average molecular weight is 640 g/mol. The molecule has 0 saturated heterocycles. The Morgan fingerprint density at radius 2 is 1.36 bits per heavy atom. The highest BCUT2D eigenvalue weighted by Crippen LogP contribution is 2.36. The SMILES string of the molecule is CC(=O)c1c(I)c(I)c(O)c(I)c1I. The minimum atomic E-state index is 0.0367. The van der Waals surface area contributed by atoms with Crippen LogP contribution in [0.3, 0.4) is 0 Å². The van der Waals surface area contributed by atoms with Crippen molar-refractivity contribution in [3.8, 4) is 5.75 Å². The molecule has 14 heavy (non-hydrogen) atoms. The van der Waals surface area contributed by atoms with Crippen LogP contribution in [-0.4, -0.2) is 10.9 Å². The summed E-state index contributed by atoms with van der Waals surface area (Å²) < 4.78 is 3.16. The van der Waals surface area contributed by atoms with Crippen molar-refractivity contribution in [2.24, 2.45) is 0 Å². The second-order valence-electron chi connectivity index (χ2n) is 2.54. The first-order chi connectivity index (χ1) is 6.37. The zero-order valence-electron chi connectivity index (χ0n) is 6.87. The van der Waals surface area contributed by atoms with Crippen LogP contribution in [0.15, 0.2) is 0 Å². The van der Waals surface area contributed by atoms with Crippen LogP contribution in [0.25, 0.3) is 0 Å². The van der Waals surface area contributed by atoms with Gasteiger partial charge in [-0.25, -0.2) is 0 Å². The van der Waals surface area contributed by atoms with Crippen molar-refractivity contribution in [1.82, 2.24) is 0 Å². The van der Waals surface area contributed by atoms with Crippen molar-refractivity contribution >= 4 is 96.1 Å². The number of ketones is 1. The summed E-state index contributed by atoms with van der Waals surface area (Å²) in [5, 5.41) is 9.74. The zero-order chi connectivity index (χ0) is 11.0. The van der Waals surface area contributed by atoms with Gasteiger partial charge in [0.15, 0.2) is 5.78 Å². The van der Waals surface area contributed by atoms with Gasteiger partial charge in [-0.05, 0) is 97.3 Å². The molecule has 6 heteroatoms. The molecule has 1 N–H and O–H groups in total. The van der Waals surface area contributed by atoms with Crippen molar-refractivity contribution < 1.29 is 9.90 Å². The molecule has 0 saturated carbocycles. The fourth-order valence-corrected chi connectivity index (χ4v) is 4.85. The largest absolute Gasteiger partial charge is 0.506 e. The molecule has 0 heterocycles. The highest BCUT2D eigenvalue weighted by Gasteiger charge is 2.20. The molecule has 0 amide bonds. The van der Waals surface area contributed by atoms with E-state index in [1.807, 2.05) is 0 Å². The monoisotopic (exact) mass is 640 g/mol. The molecule has 76 valence electrons. The maximum absolute atomic E-state index is 11.4. The molecule has 2 nitrogen and oxygen atoms in total. The van der Waals surface area contributed by atoms with E-state index < -0.39 is 0 Å². The summed E-state index contributed by atoms with van der Waals surface area (Å²) in [4.78, 5) is 11.4. The van der Waals surface area contributed by atoms with Gasteiger partial charge in [-0.3, -0.25) is 4.79 Å². The van der Waals surface area contributed by atoms with E-state index in [4.69, 9.17) is 0 Å². The summed E-state index contributed by atoms with van der Waals surface area (Å²) in [5.41, 5.74) is 0.706. The molecular formula is C8H4I4O2. The third-order valence-electron chi connectivity index (χ3n) is 1.59. The van der Waals surface area contributed by atoms with Gasteiger partial charge in [-0.1, -0.05) is 0 Å². The summed E-state index contributed by atoms with van der Waals surface area (Å²) in [5.74, 6) is 0.305. The third kappa shape index (κ3) is 2.47. The van der Waals surface area contributed by atoms with Gasteiger partial charge in [0.2, 0.25) is 0 Å². The zero-order valence-corrected chi connectivity index (χ0v) is 15.5. The Bertz CT molecular complexity index is 385. The Morgan fingerprint density at radius 1 is 1.00 bits per heavy atom. The number of hydrogen-bond donors (Lipinski definition) is 1. The molecule has 0 atom stereocenters. The van der Waals surface area contributed by atoms with Gasteiger partial charge in [0.05, 0.1) is 7.14 Å². The Kier molecular flexibility index (Phi) is 5.17. The van der Waals surface area contributed by atoms with E-state index in [2.05, 4.69) is 90.4 Å². The van der Waals surface area contributed by atoms with Gasteiger partial charge in [-0.15, -0.1) is 0 Å². The Balaban J connectivity index is 3.68. The molecule has 0 radical (unpaired) electrons. The number of aromatic hydroxyl groups is 1. The van der Waals surface area contributed by atoms with Gasteiger partial charge in [0.1, 0.15) is 5.75 Å². The van der Waals surface area contributed by atoms with Crippen LogP contribution in [-0.2, 0) is 0 Å². The lowest BCUT2D eigenvalue weighted by Gasteiger charge is -2.10. The van der Waals surface area contributed by atoms with Crippen molar-refractivity contribution in [2.75, 3.05) is 0 Å². The smallest absolute Gasteiger partial charge is 0.162 e. The molecule has 0 aliphatic carbocycles. The minimum absolute atomic E-state index is 0.0367. The van der Waals surface area contributed by atoms with Gasteiger partial charge < -0.3 is 5.11 Å². The highest BCUT2D eigenvalue weighted by molar-refractivity contribution is 14.1. The van der Waals surface area contributed by atoms with Gasteiger partial charge in [0.25, 0.3) is 0 Å². The van der Waals surface area contributed by atoms with E-state index in [1.165, 1.54) is 0 Å². The van der Waals surface area contributed by atoms with Crippen molar-refractivity contribution in [1.29, 1.82) is 0 Å². The Labute approximate surface area is 136 Å². The van der Waals surface area contributed by atoms with Crippen molar-refractivity contribution in [3.63, 3.8) is 0 Å². The fraction of sp³-hybridized carbons (Fsp3) is 0.125. The van der Waals surface area contributed by atoms with E-state index in [9.17, 15) is 9.90 Å².